The molecule has 0 aliphatic heterocycles. The van der Waals surface area contributed by atoms with Gasteiger partial charge in [0.15, 0.2) is 6.29 Å². The van der Waals surface area contributed by atoms with E-state index in [4.69, 9.17) is 0 Å². The molecular formula is C14H11N3OS. The van der Waals surface area contributed by atoms with Gasteiger partial charge in [-0.1, -0.05) is 30.3 Å². The maximum absolute atomic E-state index is 10.9. The molecule has 19 heavy (non-hydrogen) atoms. The van der Waals surface area contributed by atoms with Crippen LogP contribution in [0.4, 0.5) is 5.95 Å². The average Bonchev–Trinajstić information content (AvgIpc) is 2.90. The van der Waals surface area contributed by atoms with Crippen LogP contribution in [0.15, 0.2) is 36.4 Å². The summed E-state index contributed by atoms with van der Waals surface area (Å²) in [6, 6.07) is 11.7. The predicted octanol–water partition coefficient (Wildman–Crippen LogP) is 3.21. The van der Waals surface area contributed by atoms with Gasteiger partial charge in [-0.2, -0.15) is 0 Å². The molecule has 0 aliphatic carbocycles. The number of benzene rings is 1. The second-order valence-corrected chi connectivity index (χ2v) is 5.06. The zero-order chi connectivity index (χ0) is 13.2. The van der Waals surface area contributed by atoms with E-state index < -0.39 is 0 Å². The molecule has 5 heteroatoms. The molecule has 94 valence electrons. The summed E-state index contributed by atoms with van der Waals surface area (Å²) in [5.74, 6) is 0.561. The summed E-state index contributed by atoms with van der Waals surface area (Å²) in [6.07, 6.45) is 0.847. The first-order valence-electron chi connectivity index (χ1n) is 5.82. The van der Waals surface area contributed by atoms with Crippen molar-refractivity contribution in [3.05, 3.63) is 41.3 Å². The number of rotatable bonds is 3. The van der Waals surface area contributed by atoms with Crippen LogP contribution in [0.1, 0.15) is 9.67 Å². The largest absolute Gasteiger partial charge is 0.357 e. The number of aromatic nitrogens is 2. The Labute approximate surface area is 114 Å². The number of aldehydes is 1. The van der Waals surface area contributed by atoms with E-state index in [1.165, 1.54) is 11.3 Å². The third kappa shape index (κ3) is 2.08. The molecule has 3 rings (SSSR count). The standard InChI is InChI=1S/C14H11N3OS/c1-15-14-16-12(9-5-3-2-4-6-9)11-7-10(8-18)19-13(11)17-14/h2-8H,1H3,(H,15,16,17). The van der Waals surface area contributed by atoms with Crippen LogP contribution >= 0.6 is 11.3 Å². The van der Waals surface area contributed by atoms with Crippen LogP contribution in [0.5, 0.6) is 0 Å². The summed E-state index contributed by atoms with van der Waals surface area (Å²) >= 11 is 1.38. The highest BCUT2D eigenvalue weighted by molar-refractivity contribution is 7.20. The molecule has 0 saturated carbocycles. The summed E-state index contributed by atoms with van der Waals surface area (Å²) in [6.45, 7) is 0. The minimum Gasteiger partial charge on any atom is -0.357 e. The molecule has 2 heterocycles. The Bertz CT molecular complexity index is 737. The number of thiophene rings is 1. The van der Waals surface area contributed by atoms with E-state index in [2.05, 4.69) is 15.3 Å². The zero-order valence-electron chi connectivity index (χ0n) is 10.3. The normalized spacial score (nSPS) is 10.6. The molecule has 4 nitrogen and oxygen atoms in total. The Morgan fingerprint density at radius 1 is 1.21 bits per heavy atom. The van der Waals surface area contributed by atoms with E-state index in [1.54, 1.807) is 7.05 Å². The van der Waals surface area contributed by atoms with E-state index in [-0.39, 0.29) is 0 Å². The Hall–Kier alpha value is -2.27. The van der Waals surface area contributed by atoms with Crippen molar-refractivity contribution in [3.8, 4) is 11.3 Å². The first kappa shape index (κ1) is 11.8. The molecule has 3 aromatic rings. The van der Waals surface area contributed by atoms with E-state index in [0.29, 0.717) is 10.8 Å². The fourth-order valence-corrected chi connectivity index (χ4v) is 2.77. The van der Waals surface area contributed by atoms with Gasteiger partial charge >= 0.3 is 0 Å². The summed E-state index contributed by atoms with van der Waals surface area (Å²) in [7, 11) is 1.78. The van der Waals surface area contributed by atoms with Crippen molar-refractivity contribution in [2.24, 2.45) is 0 Å². The predicted molar refractivity (Wildman–Crippen MR) is 77.8 cm³/mol. The van der Waals surface area contributed by atoms with Crippen LogP contribution in [0.3, 0.4) is 0 Å². The zero-order valence-corrected chi connectivity index (χ0v) is 11.1. The topological polar surface area (TPSA) is 54.9 Å². The number of nitrogens with one attached hydrogen (secondary N) is 1. The van der Waals surface area contributed by atoms with Crippen molar-refractivity contribution in [3.63, 3.8) is 0 Å². The van der Waals surface area contributed by atoms with E-state index in [9.17, 15) is 4.79 Å². The molecular weight excluding hydrogens is 258 g/mol. The van der Waals surface area contributed by atoms with Crippen molar-refractivity contribution in [1.29, 1.82) is 0 Å². The highest BCUT2D eigenvalue weighted by Gasteiger charge is 2.12. The summed E-state index contributed by atoms with van der Waals surface area (Å²) in [5, 5.41) is 3.87. The van der Waals surface area contributed by atoms with Crippen molar-refractivity contribution < 1.29 is 4.79 Å². The maximum atomic E-state index is 10.9. The smallest absolute Gasteiger partial charge is 0.224 e. The molecule has 0 aliphatic rings. The van der Waals surface area contributed by atoms with Crippen LogP contribution in [0, 0.1) is 0 Å². The van der Waals surface area contributed by atoms with Crippen molar-refractivity contribution in [1.82, 2.24) is 9.97 Å². The van der Waals surface area contributed by atoms with Crippen LogP contribution < -0.4 is 5.32 Å². The lowest BCUT2D eigenvalue weighted by atomic mass is 10.1. The number of carbonyl (C=O) groups excluding carboxylic acids is 1. The van der Waals surface area contributed by atoms with Gasteiger partial charge < -0.3 is 5.32 Å². The first-order chi connectivity index (χ1) is 9.31. The highest BCUT2D eigenvalue weighted by atomic mass is 32.1. The Kier molecular flexibility index (Phi) is 2.97. The summed E-state index contributed by atoms with van der Waals surface area (Å²) in [4.78, 5) is 21.3. The Morgan fingerprint density at radius 3 is 2.68 bits per heavy atom. The average molecular weight is 269 g/mol. The Balaban J connectivity index is 2.32. The number of hydrogen-bond donors (Lipinski definition) is 1. The minimum absolute atomic E-state index is 0.561. The maximum Gasteiger partial charge on any atom is 0.224 e. The molecule has 1 aromatic carbocycles. The fourth-order valence-electron chi connectivity index (χ4n) is 1.93. The van der Waals surface area contributed by atoms with E-state index in [1.807, 2.05) is 36.4 Å². The van der Waals surface area contributed by atoms with Crippen molar-refractivity contribution >= 4 is 33.8 Å². The molecule has 0 amide bonds. The molecule has 0 radical (unpaired) electrons. The van der Waals surface area contributed by atoms with Gasteiger partial charge in [-0.25, -0.2) is 9.97 Å². The lowest BCUT2D eigenvalue weighted by molar-refractivity contribution is 0.112. The van der Waals surface area contributed by atoms with E-state index >= 15 is 0 Å². The van der Waals surface area contributed by atoms with Gasteiger partial charge in [-0.05, 0) is 6.07 Å². The van der Waals surface area contributed by atoms with Gasteiger partial charge in [0.1, 0.15) is 4.83 Å². The monoisotopic (exact) mass is 269 g/mol. The molecule has 1 N–H and O–H groups in total. The number of carbonyl (C=O) groups is 1. The molecule has 0 bridgehead atoms. The second kappa shape index (κ2) is 4.78. The van der Waals surface area contributed by atoms with Crippen LogP contribution in [0.25, 0.3) is 21.5 Å². The van der Waals surface area contributed by atoms with Crippen LogP contribution in [0.2, 0.25) is 0 Å². The van der Waals surface area contributed by atoms with Gasteiger partial charge in [0, 0.05) is 18.0 Å². The van der Waals surface area contributed by atoms with E-state index in [0.717, 1.165) is 27.8 Å². The molecule has 0 spiro atoms. The summed E-state index contributed by atoms with van der Waals surface area (Å²) in [5.41, 5.74) is 1.86. The third-order valence-electron chi connectivity index (χ3n) is 2.80. The SMILES string of the molecule is CNc1nc(-c2ccccc2)c2cc(C=O)sc2n1. The quantitative estimate of drug-likeness (QED) is 0.742. The number of hydrogen-bond acceptors (Lipinski definition) is 5. The minimum atomic E-state index is 0.561. The van der Waals surface area contributed by atoms with Crippen molar-refractivity contribution in [2.45, 2.75) is 0 Å². The van der Waals surface area contributed by atoms with Crippen molar-refractivity contribution in [2.75, 3.05) is 12.4 Å². The van der Waals surface area contributed by atoms with Gasteiger partial charge in [0.25, 0.3) is 0 Å². The van der Waals surface area contributed by atoms with Crippen LogP contribution in [-0.2, 0) is 0 Å². The molecule has 0 unspecified atom stereocenters. The van der Waals surface area contributed by atoms with Gasteiger partial charge in [0.2, 0.25) is 5.95 Å². The lowest BCUT2D eigenvalue weighted by Crippen LogP contribution is -1.97. The molecule has 0 saturated heterocycles. The molecule has 0 fully saturated rings. The van der Waals surface area contributed by atoms with Gasteiger partial charge in [-0.15, -0.1) is 11.3 Å². The first-order valence-corrected chi connectivity index (χ1v) is 6.63. The number of anilines is 1. The fraction of sp³-hybridized carbons (Fsp3) is 0.0714. The molecule has 2 aromatic heterocycles. The molecule has 0 atom stereocenters. The van der Waals surface area contributed by atoms with Crippen LogP contribution in [-0.4, -0.2) is 23.3 Å². The highest BCUT2D eigenvalue weighted by Crippen LogP contribution is 2.32. The Morgan fingerprint density at radius 2 is 2.00 bits per heavy atom. The van der Waals surface area contributed by atoms with Gasteiger partial charge in [0.05, 0.1) is 10.6 Å². The second-order valence-electron chi connectivity index (χ2n) is 4.00. The number of fused-ring (bicyclic) bond motifs is 1. The lowest BCUT2D eigenvalue weighted by Gasteiger charge is -2.05. The number of nitrogens with zero attached hydrogens (tertiary/aromatic N) is 2. The third-order valence-corrected chi connectivity index (χ3v) is 3.75. The summed E-state index contributed by atoms with van der Waals surface area (Å²) < 4.78 is 0. The van der Waals surface area contributed by atoms with Gasteiger partial charge in [-0.3, -0.25) is 4.79 Å².